The highest BCUT2D eigenvalue weighted by atomic mass is 35.5. The molecule has 1 aromatic carbocycles. The zero-order chi connectivity index (χ0) is 14.3. The van der Waals surface area contributed by atoms with Crippen LogP contribution in [0, 0.1) is 12.3 Å². The van der Waals surface area contributed by atoms with Gasteiger partial charge in [0, 0.05) is 24.0 Å². The van der Waals surface area contributed by atoms with E-state index in [1.54, 1.807) is 18.2 Å². The van der Waals surface area contributed by atoms with Gasteiger partial charge in [0.05, 0.1) is 5.02 Å². The number of halogens is 2. The fraction of sp³-hybridized carbons (Fsp3) is 0.429. The molecule has 0 radical (unpaired) electrons. The predicted octanol–water partition coefficient (Wildman–Crippen LogP) is 2.73. The molecule has 104 valence electrons. The van der Waals surface area contributed by atoms with E-state index in [-0.39, 0.29) is 12.6 Å². The van der Waals surface area contributed by atoms with Crippen molar-refractivity contribution in [2.75, 3.05) is 13.2 Å². The van der Waals surface area contributed by atoms with Crippen LogP contribution in [0.3, 0.4) is 0 Å². The summed E-state index contributed by atoms with van der Waals surface area (Å²) in [6.45, 7) is 2.52. The second-order valence-corrected chi connectivity index (χ2v) is 5.10. The monoisotopic (exact) mass is 301 g/mol. The maximum absolute atomic E-state index is 9.76. The Morgan fingerprint density at radius 2 is 2.21 bits per heavy atom. The fourth-order valence-electron chi connectivity index (χ4n) is 1.42. The fourth-order valence-corrected chi connectivity index (χ4v) is 1.89. The molecule has 2 N–H and O–H groups in total. The third-order valence-corrected chi connectivity index (χ3v) is 2.98. The summed E-state index contributed by atoms with van der Waals surface area (Å²) in [5, 5.41) is 13.9. The lowest BCUT2D eigenvalue weighted by molar-refractivity contribution is 0.104. The van der Waals surface area contributed by atoms with Crippen molar-refractivity contribution in [2.45, 2.75) is 25.5 Å². The van der Waals surface area contributed by atoms with Gasteiger partial charge < -0.3 is 15.2 Å². The maximum Gasteiger partial charge on any atom is 0.138 e. The van der Waals surface area contributed by atoms with Crippen LogP contribution in [0.15, 0.2) is 18.2 Å². The Hall–Kier alpha value is -0.920. The highest BCUT2D eigenvalue weighted by Gasteiger charge is 2.09. The molecule has 0 aliphatic carbocycles. The zero-order valence-electron chi connectivity index (χ0n) is 10.7. The van der Waals surface area contributed by atoms with Gasteiger partial charge in [0.15, 0.2) is 0 Å². The quantitative estimate of drug-likeness (QED) is 0.761. The van der Waals surface area contributed by atoms with Gasteiger partial charge in [-0.05, 0) is 25.1 Å². The first kappa shape index (κ1) is 16.1. The van der Waals surface area contributed by atoms with Crippen LogP contribution in [0.2, 0.25) is 10.0 Å². The Labute approximate surface area is 123 Å². The van der Waals surface area contributed by atoms with Crippen LogP contribution in [0.1, 0.15) is 13.3 Å². The number of benzene rings is 1. The van der Waals surface area contributed by atoms with Crippen LogP contribution in [-0.4, -0.2) is 30.4 Å². The molecule has 0 spiro atoms. The molecule has 5 heteroatoms. The van der Waals surface area contributed by atoms with Crippen LogP contribution in [-0.2, 0) is 0 Å². The summed E-state index contributed by atoms with van der Waals surface area (Å²) in [4.78, 5) is 0. The molecule has 2 atom stereocenters. The van der Waals surface area contributed by atoms with Gasteiger partial charge >= 0.3 is 0 Å². The van der Waals surface area contributed by atoms with Crippen LogP contribution in [0.25, 0.3) is 0 Å². The first-order valence-electron chi connectivity index (χ1n) is 5.95. The Morgan fingerprint density at radius 3 is 2.84 bits per heavy atom. The minimum atomic E-state index is -0.632. The average Bonchev–Trinajstić information content (AvgIpc) is 2.35. The van der Waals surface area contributed by atoms with E-state index < -0.39 is 6.10 Å². The molecule has 0 aromatic heterocycles. The molecule has 0 saturated heterocycles. The second-order valence-electron chi connectivity index (χ2n) is 4.26. The van der Waals surface area contributed by atoms with E-state index in [0.29, 0.717) is 28.8 Å². The van der Waals surface area contributed by atoms with Crippen LogP contribution in [0.4, 0.5) is 0 Å². The standard InChI is InChI=1S/C14H17Cl2NO2/c1-3-4-10(2)17-8-12(18)9-19-14-6-5-11(15)7-13(14)16/h1,5-7,10,12,17-18H,4,8-9H2,2H3. The first-order chi connectivity index (χ1) is 9.02. The summed E-state index contributed by atoms with van der Waals surface area (Å²) in [6.07, 6.45) is 5.19. The van der Waals surface area contributed by atoms with Crippen molar-refractivity contribution in [3.8, 4) is 18.1 Å². The molecule has 0 heterocycles. The van der Waals surface area contributed by atoms with E-state index in [9.17, 15) is 5.11 Å². The second kappa shape index (κ2) is 8.29. The molecule has 1 rings (SSSR count). The van der Waals surface area contributed by atoms with Crippen molar-refractivity contribution >= 4 is 23.2 Å². The van der Waals surface area contributed by atoms with E-state index >= 15 is 0 Å². The zero-order valence-corrected chi connectivity index (χ0v) is 12.2. The minimum absolute atomic E-state index is 0.150. The smallest absolute Gasteiger partial charge is 0.138 e. The van der Waals surface area contributed by atoms with E-state index in [1.807, 2.05) is 6.92 Å². The molecule has 19 heavy (non-hydrogen) atoms. The van der Waals surface area contributed by atoms with Gasteiger partial charge in [-0.2, -0.15) is 0 Å². The predicted molar refractivity (Wildman–Crippen MR) is 78.9 cm³/mol. The molecule has 0 aliphatic heterocycles. The van der Waals surface area contributed by atoms with Crippen LogP contribution < -0.4 is 10.1 Å². The third-order valence-electron chi connectivity index (χ3n) is 2.45. The van der Waals surface area contributed by atoms with Gasteiger partial charge in [-0.25, -0.2) is 0 Å². The van der Waals surface area contributed by atoms with Crippen molar-refractivity contribution in [1.29, 1.82) is 0 Å². The molecule has 0 bridgehead atoms. The number of nitrogens with one attached hydrogen (secondary N) is 1. The molecule has 0 fully saturated rings. The van der Waals surface area contributed by atoms with Gasteiger partial charge in [-0.3, -0.25) is 0 Å². The van der Waals surface area contributed by atoms with Gasteiger partial charge in [0.25, 0.3) is 0 Å². The normalized spacial score (nSPS) is 13.6. The Kier molecular flexibility index (Phi) is 7.04. The topological polar surface area (TPSA) is 41.5 Å². The van der Waals surface area contributed by atoms with Crippen molar-refractivity contribution in [2.24, 2.45) is 0 Å². The Balaban J connectivity index is 2.34. The van der Waals surface area contributed by atoms with Crippen molar-refractivity contribution in [3.05, 3.63) is 28.2 Å². The summed E-state index contributed by atoms with van der Waals surface area (Å²) in [7, 11) is 0. The lowest BCUT2D eigenvalue weighted by Crippen LogP contribution is -2.36. The summed E-state index contributed by atoms with van der Waals surface area (Å²) in [6, 6.07) is 5.12. The maximum atomic E-state index is 9.76. The molecule has 0 saturated carbocycles. The highest BCUT2D eigenvalue weighted by Crippen LogP contribution is 2.27. The first-order valence-corrected chi connectivity index (χ1v) is 6.71. The molecule has 0 amide bonds. The van der Waals surface area contributed by atoms with Gasteiger partial charge in [-0.15, -0.1) is 12.3 Å². The highest BCUT2D eigenvalue weighted by molar-refractivity contribution is 6.35. The van der Waals surface area contributed by atoms with E-state index in [1.165, 1.54) is 0 Å². The number of hydrogen-bond donors (Lipinski definition) is 2. The summed E-state index contributed by atoms with van der Waals surface area (Å²) in [5.74, 6) is 3.06. The van der Waals surface area contributed by atoms with Crippen molar-refractivity contribution in [1.82, 2.24) is 5.32 Å². The summed E-state index contributed by atoms with van der Waals surface area (Å²) in [5.41, 5.74) is 0. The Morgan fingerprint density at radius 1 is 1.47 bits per heavy atom. The SMILES string of the molecule is C#CCC(C)NCC(O)COc1ccc(Cl)cc1Cl. The number of terminal acetylenes is 1. The lowest BCUT2D eigenvalue weighted by Gasteiger charge is -2.16. The molecular weight excluding hydrogens is 285 g/mol. The summed E-state index contributed by atoms with van der Waals surface area (Å²) >= 11 is 11.7. The van der Waals surface area contributed by atoms with Gasteiger partial charge in [0.2, 0.25) is 0 Å². The van der Waals surface area contributed by atoms with E-state index in [2.05, 4.69) is 11.2 Å². The lowest BCUT2D eigenvalue weighted by atomic mass is 10.2. The number of aliphatic hydroxyl groups is 1. The molecular formula is C14H17Cl2NO2. The van der Waals surface area contributed by atoms with Crippen molar-refractivity contribution in [3.63, 3.8) is 0 Å². The number of aliphatic hydroxyl groups excluding tert-OH is 1. The average molecular weight is 302 g/mol. The van der Waals surface area contributed by atoms with Crippen LogP contribution in [0.5, 0.6) is 5.75 Å². The largest absolute Gasteiger partial charge is 0.489 e. The molecule has 3 nitrogen and oxygen atoms in total. The number of ether oxygens (including phenoxy) is 1. The van der Waals surface area contributed by atoms with Gasteiger partial charge in [0.1, 0.15) is 18.5 Å². The third kappa shape index (κ3) is 6.17. The van der Waals surface area contributed by atoms with Crippen molar-refractivity contribution < 1.29 is 9.84 Å². The summed E-state index contributed by atoms with van der Waals surface area (Å²) < 4.78 is 5.42. The Bertz CT molecular complexity index is 446. The van der Waals surface area contributed by atoms with Crippen LogP contribution >= 0.6 is 23.2 Å². The molecule has 2 unspecified atom stereocenters. The molecule has 0 aliphatic rings. The number of rotatable bonds is 7. The van der Waals surface area contributed by atoms with E-state index in [0.717, 1.165) is 0 Å². The molecule has 1 aromatic rings. The minimum Gasteiger partial charge on any atom is -0.489 e. The van der Waals surface area contributed by atoms with E-state index in [4.69, 9.17) is 34.4 Å². The van der Waals surface area contributed by atoms with Gasteiger partial charge in [-0.1, -0.05) is 23.2 Å². The number of hydrogen-bond acceptors (Lipinski definition) is 3.